The number of allylic oxidation sites excluding steroid dienone is 1. The van der Waals surface area contributed by atoms with Gasteiger partial charge in [0.2, 0.25) is 0 Å². The van der Waals surface area contributed by atoms with Crippen LogP contribution < -0.4 is 4.40 Å². The van der Waals surface area contributed by atoms with Crippen LogP contribution in [0.4, 0.5) is 8.78 Å². The second-order valence-corrected chi connectivity index (χ2v) is 12.1. The Morgan fingerprint density at radius 1 is 0.921 bits per heavy atom. The molecule has 0 bridgehead atoms. The molecule has 0 saturated heterocycles. The number of rotatable bonds is 4. The number of fused-ring (bicyclic) bond motifs is 3. The Hall–Kier alpha value is -3.53. The molecule has 0 atom stereocenters. The van der Waals surface area contributed by atoms with Gasteiger partial charge in [-0.05, 0) is 60.1 Å². The number of nitrogens with zero attached hydrogens (tertiary/aromatic N) is 2. The first-order valence-corrected chi connectivity index (χ1v) is 13.6. The number of hydrogen-bond donors (Lipinski definition) is 0. The van der Waals surface area contributed by atoms with Gasteiger partial charge in [0.15, 0.2) is 5.69 Å². The second kappa shape index (κ2) is 8.23. The molecule has 3 aromatic carbocycles. The maximum Gasteiger partial charge on any atom is 0.296 e. The van der Waals surface area contributed by atoms with Gasteiger partial charge >= 0.3 is 0 Å². The molecule has 0 amide bonds. The molecule has 0 radical (unpaired) electrons. The molecule has 3 heterocycles. The van der Waals surface area contributed by atoms with Gasteiger partial charge in [0, 0.05) is 23.3 Å². The highest BCUT2D eigenvalue weighted by Gasteiger charge is 2.48. The zero-order valence-electron chi connectivity index (χ0n) is 23.2. The van der Waals surface area contributed by atoms with Crippen molar-refractivity contribution in [3.8, 4) is 11.3 Å². The molecule has 4 heteroatoms. The third-order valence-corrected chi connectivity index (χ3v) is 8.62. The highest BCUT2D eigenvalue weighted by atomic mass is 19.1. The summed E-state index contributed by atoms with van der Waals surface area (Å²) in [5.74, 6) is -1.11. The molecule has 0 N–H and O–H groups in total. The average molecular weight is 510 g/mol. The van der Waals surface area contributed by atoms with E-state index in [4.69, 9.17) is 0 Å². The fraction of sp³-hybridized carbons (Fsp3) is 0.324. The number of hydrogen-bond acceptors (Lipinski definition) is 0. The van der Waals surface area contributed by atoms with E-state index in [2.05, 4.69) is 86.6 Å². The molecule has 1 aliphatic rings. The largest absolute Gasteiger partial charge is 0.296 e. The molecule has 194 valence electrons. The Bertz CT molecular complexity index is 1780. The quantitative estimate of drug-likeness (QED) is 0.169. The van der Waals surface area contributed by atoms with Crippen LogP contribution in [0.1, 0.15) is 64.3 Å². The van der Waals surface area contributed by atoms with E-state index in [0.29, 0.717) is 5.69 Å². The molecule has 2 nitrogen and oxygen atoms in total. The van der Waals surface area contributed by atoms with Crippen molar-refractivity contribution in [1.29, 1.82) is 0 Å². The Morgan fingerprint density at radius 2 is 1.58 bits per heavy atom. The van der Waals surface area contributed by atoms with Crippen LogP contribution in [0.25, 0.3) is 44.2 Å². The molecule has 0 saturated carbocycles. The van der Waals surface area contributed by atoms with Crippen LogP contribution in [0, 0.1) is 24.0 Å². The van der Waals surface area contributed by atoms with E-state index in [0.717, 1.165) is 63.4 Å². The predicted molar refractivity (Wildman–Crippen MR) is 153 cm³/mol. The van der Waals surface area contributed by atoms with Crippen molar-refractivity contribution in [2.24, 2.45) is 5.41 Å². The van der Waals surface area contributed by atoms with Gasteiger partial charge in [0.1, 0.15) is 28.4 Å². The summed E-state index contributed by atoms with van der Waals surface area (Å²) in [7, 11) is 0. The van der Waals surface area contributed by atoms with Crippen molar-refractivity contribution < 1.29 is 13.2 Å². The normalized spacial score (nSPS) is 14.9. The minimum atomic E-state index is -0.554. The molecule has 0 unspecified atom stereocenters. The topological polar surface area (TPSA) is 9.03 Å². The third kappa shape index (κ3) is 3.19. The summed E-state index contributed by atoms with van der Waals surface area (Å²) >= 11 is 0. The lowest BCUT2D eigenvalue weighted by molar-refractivity contribution is -0.467. The number of aromatic nitrogens is 2. The van der Waals surface area contributed by atoms with E-state index >= 15 is 8.78 Å². The lowest BCUT2D eigenvalue weighted by atomic mass is 9.77. The summed E-state index contributed by atoms with van der Waals surface area (Å²) in [6, 6.07) is 17.2. The van der Waals surface area contributed by atoms with E-state index in [1.165, 1.54) is 23.8 Å². The maximum atomic E-state index is 15.5. The first kappa shape index (κ1) is 24.8. The number of benzene rings is 3. The highest BCUT2D eigenvalue weighted by molar-refractivity contribution is 6.15. The summed E-state index contributed by atoms with van der Waals surface area (Å²) in [5.41, 5.74) is 6.55. The average Bonchev–Trinajstić information content (AvgIpc) is 3.17. The lowest BCUT2D eigenvalue weighted by Gasteiger charge is -2.35. The smallest absolute Gasteiger partial charge is 0.217 e. The van der Waals surface area contributed by atoms with Gasteiger partial charge in [-0.15, -0.1) is 0 Å². The van der Waals surface area contributed by atoms with Crippen molar-refractivity contribution in [2.75, 3.05) is 0 Å². The summed E-state index contributed by atoms with van der Waals surface area (Å²) in [6.07, 6.45) is 2.58. The molecule has 38 heavy (non-hydrogen) atoms. The van der Waals surface area contributed by atoms with Gasteiger partial charge in [-0.3, -0.25) is 0 Å². The van der Waals surface area contributed by atoms with Crippen LogP contribution in [0.5, 0.6) is 0 Å². The zero-order valence-corrected chi connectivity index (χ0v) is 23.2. The molecule has 0 aliphatic carbocycles. The number of halogens is 2. The summed E-state index contributed by atoms with van der Waals surface area (Å²) in [6.45, 7) is 17.7. The Labute approximate surface area is 223 Å². The molecular formula is C34H35F2N2+. The highest BCUT2D eigenvalue weighted by Crippen LogP contribution is 2.50. The van der Waals surface area contributed by atoms with Crippen LogP contribution in [0.15, 0.2) is 61.2 Å². The van der Waals surface area contributed by atoms with Crippen molar-refractivity contribution in [3.63, 3.8) is 0 Å². The fourth-order valence-electron chi connectivity index (χ4n) is 7.00. The predicted octanol–water partition coefficient (Wildman–Crippen LogP) is 8.92. The van der Waals surface area contributed by atoms with Crippen LogP contribution in [0.3, 0.4) is 0 Å². The SMILES string of the molecule is C=C1c2cccc3c4cc(CC(C)(C)C)ccc4[n+]4c(-c5c(F)cccc5F)c(C)n(c4c23)C1(CC)CC. The maximum absolute atomic E-state index is 15.5. The van der Waals surface area contributed by atoms with Gasteiger partial charge in [-0.1, -0.05) is 71.5 Å². The minimum Gasteiger partial charge on any atom is -0.217 e. The summed E-state index contributed by atoms with van der Waals surface area (Å²) in [4.78, 5) is 0. The summed E-state index contributed by atoms with van der Waals surface area (Å²) in [5, 5.41) is 3.33. The van der Waals surface area contributed by atoms with Crippen molar-refractivity contribution in [2.45, 2.75) is 66.3 Å². The monoisotopic (exact) mass is 509 g/mol. The molecule has 6 rings (SSSR count). The van der Waals surface area contributed by atoms with Gasteiger partial charge in [0.25, 0.3) is 5.65 Å². The van der Waals surface area contributed by atoms with E-state index in [1.54, 1.807) is 0 Å². The standard InChI is InChI=1S/C34H35F2N2/c1-8-34(9-2)20(3)23-12-10-13-24-25-18-22(19-33(5,6)7)16-17-28(25)37-31(21(4)38(34)32(37)29(23)24)30-26(35)14-11-15-27(30)36/h10-18H,3,8-9,19H2,1-2,4-7H3/q+1. The molecule has 1 aliphatic heterocycles. The Kier molecular flexibility index (Phi) is 5.37. The van der Waals surface area contributed by atoms with Crippen LogP contribution in [0.2, 0.25) is 0 Å². The summed E-state index contributed by atoms with van der Waals surface area (Å²) < 4.78 is 35.4. The van der Waals surface area contributed by atoms with Gasteiger partial charge in [-0.2, -0.15) is 4.40 Å². The minimum absolute atomic E-state index is 0.0178. The van der Waals surface area contributed by atoms with Crippen molar-refractivity contribution in [3.05, 3.63) is 89.6 Å². The van der Waals surface area contributed by atoms with E-state index in [1.807, 2.05) is 6.92 Å². The molecular weight excluding hydrogens is 474 g/mol. The van der Waals surface area contributed by atoms with Crippen molar-refractivity contribution >= 4 is 32.9 Å². The third-order valence-electron chi connectivity index (χ3n) is 8.62. The van der Waals surface area contributed by atoms with Crippen LogP contribution in [-0.2, 0) is 12.0 Å². The van der Waals surface area contributed by atoms with Gasteiger partial charge in [-0.25, -0.2) is 13.3 Å². The number of pyridine rings is 1. The van der Waals surface area contributed by atoms with Crippen molar-refractivity contribution in [1.82, 2.24) is 4.57 Å². The van der Waals surface area contributed by atoms with Crippen LogP contribution >= 0.6 is 0 Å². The van der Waals surface area contributed by atoms with E-state index in [9.17, 15) is 0 Å². The lowest BCUT2D eigenvalue weighted by Crippen LogP contribution is -2.38. The van der Waals surface area contributed by atoms with E-state index in [-0.39, 0.29) is 11.0 Å². The molecule has 0 fully saturated rings. The molecule has 0 spiro atoms. The van der Waals surface area contributed by atoms with Gasteiger partial charge < -0.3 is 0 Å². The second-order valence-electron chi connectivity index (χ2n) is 12.1. The molecule has 5 aromatic rings. The first-order chi connectivity index (χ1) is 18.0. The number of imidazole rings is 1. The zero-order chi connectivity index (χ0) is 27.1. The Balaban J connectivity index is 1.92. The fourth-order valence-corrected chi connectivity index (χ4v) is 7.00. The Morgan fingerprint density at radius 3 is 2.21 bits per heavy atom. The van der Waals surface area contributed by atoms with E-state index < -0.39 is 17.2 Å². The van der Waals surface area contributed by atoms with Crippen LogP contribution in [-0.4, -0.2) is 4.57 Å². The van der Waals surface area contributed by atoms with Gasteiger partial charge in [0.05, 0.1) is 10.9 Å². The first-order valence-electron chi connectivity index (χ1n) is 13.6. The molecule has 2 aromatic heterocycles.